The third-order valence-corrected chi connectivity index (χ3v) is 8.68. The summed E-state index contributed by atoms with van der Waals surface area (Å²) in [7, 11) is 0. The Morgan fingerprint density at radius 1 is 0.690 bits per heavy atom. The van der Waals surface area contributed by atoms with Crippen molar-refractivity contribution in [2.45, 2.75) is 64.6 Å². The summed E-state index contributed by atoms with van der Waals surface area (Å²) < 4.78 is 0. The zero-order chi connectivity index (χ0) is 29.7. The highest BCUT2D eigenvalue weighted by atomic mass is 16.3. The number of amides is 2. The number of hydrogen-bond donors (Lipinski definition) is 4. The van der Waals surface area contributed by atoms with Crippen LogP contribution in [0.5, 0.6) is 0 Å². The maximum absolute atomic E-state index is 12.6. The molecule has 42 heavy (non-hydrogen) atoms. The lowest BCUT2D eigenvalue weighted by Gasteiger charge is -2.22. The van der Waals surface area contributed by atoms with Crippen LogP contribution in [0.2, 0.25) is 0 Å². The smallest absolute Gasteiger partial charge is 0.267 e. The van der Waals surface area contributed by atoms with Gasteiger partial charge in [0, 0.05) is 23.5 Å². The Hall–Kier alpha value is -4.40. The fourth-order valence-electron chi connectivity index (χ4n) is 6.37. The molecule has 2 heterocycles. The Bertz CT molecular complexity index is 1630. The first-order valence-corrected chi connectivity index (χ1v) is 14.3. The number of nitrogens with zero attached hydrogens (tertiary/aromatic N) is 2. The topological polar surface area (TPSA) is 152 Å². The average molecular weight is 563 g/mol. The molecular weight excluding hydrogens is 528 g/mol. The van der Waals surface area contributed by atoms with Gasteiger partial charge in [0.05, 0.1) is 13.2 Å². The fourth-order valence-corrected chi connectivity index (χ4v) is 6.37. The van der Waals surface area contributed by atoms with Crippen LogP contribution in [0.15, 0.2) is 48.8 Å². The van der Waals surface area contributed by atoms with Gasteiger partial charge in [-0.25, -0.2) is 0 Å². The largest absolute Gasteiger partial charge is 0.392 e. The van der Waals surface area contributed by atoms with Gasteiger partial charge in [-0.2, -0.15) is 0 Å². The molecule has 0 saturated heterocycles. The van der Waals surface area contributed by atoms with E-state index in [1.807, 2.05) is 50.2 Å². The van der Waals surface area contributed by atoms with Crippen LogP contribution in [0.25, 0.3) is 33.4 Å². The fraction of sp³-hybridized carbons (Fsp3) is 0.294. The van der Waals surface area contributed by atoms with E-state index in [1.165, 1.54) is 0 Å². The minimum atomic E-state index is -0.609. The van der Waals surface area contributed by atoms with Crippen LogP contribution in [0, 0.1) is 13.8 Å². The Labute approximate surface area is 244 Å². The van der Waals surface area contributed by atoms with Gasteiger partial charge in [-0.15, -0.1) is 0 Å². The normalized spacial score (nSPS) is 14.7. The average Bonchev–Trinajstić information content (AvgIpc) is 3.90. The molecule has 6 N–H and O–H groups in total. The number of aliphatic hydroxyl groups is 2. The molecule has 2 aromatic heterocycles. The van der Waals surface area contributed by atoms with E-state index in [0.717, 1.165) is 70.2 Å². The first-order valence-electron chi connectivity index (χ1n) is 14.3. The minimum absolute atomic E-state index is 0.169. The van der Waals surface area contributed by atoms with Crippen molar-refractivity contribution in [2.75, 3.05) is 0 Å². The van der Waals surface area contributed by atoms with Crippen LogP contribution in [0.3, 0.4) is 0 Å². The minimum Gasteiger partial charge on any atom is -0.392 e. The summed E-state index contributed by atoms with van der Waals surface area (Å²) in [6, 6.07) is 11.9. The molecule has 8 nitrogen and oxygen atoms in total. The first-order chi connectivity index (χ1) is 20.3. The molecule has 0 atom stereocenters. The predicted octanol–water partition coefficient (Wildman–Crippen LogP) is 5.03. The standard InChI is InChI=1S/C34H34N4O4/c1-17-23(5-3-7-25(17)29-27(19-9-10-19)21(15-39)13-37-31(29)33(35)41)24-6-4-8-26(18(24)2)30-28(20-11-12-20)22(16-40)14-38-32(30)34(36)42/h3-8,13-14,19-20,39-40H,9-12,15-16H2,1-2H3,(H2,35,41)(H2,36,42). The Balaban J connectivity index is 1.58. The lowest BCUT2D eigenvalue weighted by Crippen LogP contribution is -2.17. The van der Waals surface area contributed by atoms with E-state index in [9.17, 15) is 19.8 Å². The molecule has 4 aromatic rings. The third kappa shape index (κ3) is 4.66. The molecule has 2 aliphatic carbocycles. The predicted molar refractivity (Wildman–Crippen MR) is 161 cm³/mol. The molecule has 2 fully saturated rings. The van der Waals surface area contributed by atoms with Gasteiger partial charge in [-0.05, 0) is 107 Å². The second-order valence-electron chi connectivity index (χ2n) is 11.4. The lowest BCUT2D eigenvalue weighted by atomic mass is 9.83. The number of rotatable bonds is 9. The molecule has 214 valence electrons. The van der Waals surface area contributed by atoms with Crippen LogP contribution in [0.4, 0.5) is 0 Å². The van der Waals surface area contributed by atoms with Gasteiger partial charge in [0.15, 0.2) is 0 Å². The summed E-state index contributed by atoms with van der Waals surface area (Å²) in [6.45, 7) is 3.69. The van der Waals surface area contributed by atoms with Crippen LogP contribution in [0.1, 0.15) is 91.9 Å². The lowest BCUT2D eigenvalue weighted by molar-refractivity contribution is 0.0987. The monoisotopic (exact) mass is 562 g/mol. The number of hydrogen-bond acceptors (Lipinski definition) is 6. The molecule has 0 spiro atoms. The molecule has 0 unspecified atom stereocenters. The van der Waals surface area contributed by atoms with Crippen LogP contribution in [-0.2, 0) is 13.2 Å². The van der Waals surface area contributed by atoms with E-state index in [1.54, 1.807) is 12.4 Å². The van der Waals surface area contributed by atoms with Crippen molar-refractivity contribution in [2.24, 2.45) is 11.5 Å². The highest BCUT2D eigenvalue weighted by molar-refractivity contribution is 6.02. The van der Waals surface area contributed by atoms with E-state index < -0.39 is 11.8 Å². The van der Waals surface area contributed by atoms with E-state index >= 15 is 0 Å². The molecule has 6 rings (SSSR count). The molecular formula is C34H34N4O4. The second kappa shape index (κ2) is 10.8. The van der Waals surface area contributed by atoms with Gasteiger partial charge < -0.3 is 21.7 Å². The van der Waals surface area contributed by atoms with E-state index in [2.05, 4.69) is 9.97 Å². The van der Waals surface area contributed by atoms with Crippen molar-refractivity contribution < 1.29 is 19.8 Å². The van der Waals surface area contributed by atoms with Crippen molar-refractivity contribution in [1.29, 1.82) is 0 Å². The second-order valence-corrected chi connectivity index (χ2v) is 11.4. The molecule has 2 aromatic carbocycles. The number of aromatic nitrogens is 2. The summed E-state index contributed by atoms with van der Waals surface area (Å²) >= 11 is 0. The number of pyridine rings is 2. The molecule has 0 aliphatic heterocycles. The summed E-state index contributed by atoms with van der Waals surface area (Å²) in [5, 5.41) is 20.3. The van der Waals surface area contributed by atoms with Gasteiger partial charge in [-0.1, -0.05) is 36.4 Å². The highest BCUT2D eigenvalue weighted by Crippen LogP contribution is 2.50. The summed E-state index contributed by atoms with van der Waals surface area (Å²) in [4.78, 5) is 33.9. The molecule has 8 heteroatoms. The SMILES string of the molecule is Cc1c(-c2cccc(-c3c(C(N)=O)ncc(CO)c3C3CC3)c2C)cccc1-c1c(C(N)=O)ncc(CO)c1C1CC1. The van der Waals surface area contributed by atoms with Gasteiger partial charge in [-0.3, -0.25) is 19.6 Å². The number of carbonyl (C=O) groups is 2. The number of nitrogens with two attached hydrogens (primary N) is 2. The Morgan fingerprint density at radius 2 is 1.05 bits per heavy atom. The number of aliphatic hydroxyl groups excluding tert-OH is 2. The quantitative estimate of drug-likeness (QED) is 0.224. The number of primary amides is 2. The maximum Gasteiger partial charge on any atom is 0.267 e. The highest BCUT2D eigenvalue weighted by Gasteiger charge is 2.34. The number of carbonyl (C=O) groups excluding carboxylic acids is 2. The van der Waals surface area contributed by atoms with Crippen LogP contribution < -0.4 is 11.5 Å². The molecule has 2 saturated carbocycles. The molecule has 2 aliphatic rings. The summed E-state index contributed by atoms with van der Waals surface area (Å²) in [5.74, 6) is -0.726. The molecule has 2 amide bonds. The van der Waals surface area contributed by atoms with Crippen molar-refractivity contribution in [3.8, 4) is 33.4 Å². The zero-order valence-corrected chi connectivity index (χ0v) is 23.8. The zero-order valence-electron chi connectivity index (χ0n) is 23.8. The Morgan fingerprint density at radius 3 is 1.36 bits per heavy atom. The van der Waals surface area contributed by atoms with Crippen molar-refractivity contribution in [1.82, 2.24) is 9.97 Å². The van der Waals surface area contributed by atoms with Gasteiger partial charge in [0.25, 0.3) is 11.8 Å². The van der Waals surface area contributed by atoms with Crippen LogP contribution in [-0.4, -0.2) is 32.0 Å². The van der Waals surface area contributed by atoms with Crippen molar-refractivity contribution in [3.05, 3.63) is 93.6 Å². The summed E-state index contributed by atoms with van der Waals surface area (Å²) in [5.41, 5.74) is 22.2. The van der Waals surface area contributed by atoms with Gasteiger partial charge in [0.2, 0.25) is 0 Å². The maximum atomic E-state index is 12.6. The molecule has 0 radical (unpaired) electrons. The summed E-state index contributed by atoms with van der Waals surface area (Å²) in [6.07, 6.45) is 7.05. The van der Waals surface area contributed by atoms with Crippen molar-refractivity contribution >= 4 is 11.8 Å². The van der Waals surface area contributed by atoms with E-state index in [4.69, 9.17) is 11.5 Å². The van der Waals surface area contributed by atoms with Gasteiger partial charge >= 0.3 is 0 Å². The Kier molecular flexibility index (Phi) is 7.12. The third-order valence-electron chi connectivity index (χ3n) is 8.68. The van der Waals surface area contributed by atoms with Crippen molar-refractivity contribution in [3.63, 3.8) is 0 Å². The number of benzene rings is 2. The molecule has 0 bridgehead atoms. The van der Waals surface area contributed by atoms with Gasteiger partial charge in [0.1, 0.15) is 11.4 Å². The van der Waals surface area contributed by atoms with E-state index in [-0.39, 0.29) is 36.4 Å². The van der Waals surface area contributed by atoms with E-state index in [0.29, 0.717) is 22.3 Å². The first kappa shape index (κ1) is 27.8. The van der Waals surface area contributed by atoms with Crippen LogP contribution >= 0.6 is 0 Å².